The number of ether oxygens (including phenoxy) is 1. The summed E-state index contributed by atoms with van der Waals surface area (Å²) in [6, 6.07) is 0.539. The second-order valence-corrected chi connectivity index (χ2v) is 6.51. The zero-order valence-corrected chi connectivity index (χ0v) is 12.3. The van der Waals surface area contributed by atoms with E-state index in [9.17, 15) is 0 Å². The SMILES string of the molecule is CNC(CN(C)CC1CCCOC1)C(C)(C)C. The topological polar surface area (TPSA) is 24.5 Å². The average molecular weight is 242 g/mol. The normalized spacial score (nSPS) is 24.0. The second kappa shape index (κ2) is 6.72. The van der Waals surface area contributed by atoms with Gasteiger partial charge in [0.25, 0.3) is 0 Å². The van der Waals surface area contributed by atoms with Crippen LogP contribution in [-0.2, 0) is 4.74 Å². The van der Waals surface area contributed by atoms with E-state index in [4.69, 9.17) is 4.74 Å². The first kappa shape index (κ1) is 14.9. The molecule has 0 aliphatic carbocycles. The fourth-order valence-corrected chi connectivity index (χ4v) is 2.58. The van der Waals surface area contributed by atoms with Crippen molar-refractivity contribution in [1.29, 1.82) is 0 Å². The Morgan fingerprint density at radius 2 is 2.12 bits per heavy atom. The number of rotatable bonds is 5. The van der Waals surface area contributed by atoms with Gasteiger partial charge in [-0.1, -0.05) is 20.8 Å². The van der Waals surface area contributed by atoms with E-state index in [1.165, 1.54) is 12.8 Å². The van der Waals surface area contributed by atoms with Gasteiger partial charge in [0, 0.05) is 25.7 Å². The zero-order chi connectivity index (χ0) is 12.9. The highest BCUT2D eigenvalue weighted by atomic mass is 16.5. The molecule has 1 N–H and O–H groups in total. The summed E-state index contributed by atoms with van der Waals surface area (Å²) in [6.07, 6.45) is 2.55. The van der Waals surface area contributed by atoms with Gasteiger partial charge in [-0.3, -0.25) is 0 Å². The van der Waals surface area contributed by atoms with Crippen LogP contribution in [-0.4, -0.2) is 51.3 Å². The molecule has 0 aromatic heterocycles. The molecule has 0 aromatic carbocycles. The summed E-state index contributed by atoms with van der Waals surface area (Å²) in [5.74, 6) is 0.728. The highest BCUT2D eigenvalue weighted by molar-refractivity contribution is 4.82. The molecule has 3 nitrogen and oxygen atoms in total. The Morgan fingerprint density at radius 1 is 1.41 bits per heavy atom. The number of nitrogens with zero attached hydrogens (tertiary/aromatic N) is 1. The lowest BCUT2D eigenvalue weighted by molar-refractivity contribution is 0.0390. The van der Waals surface area contributed by atoms with E-state index in [1.54, 1.807) is 0 Å². The van der Waals surface area contributed by atoms with Crippen molar-refractivity contribution in [2.75, 3.05) is 40.4 Å². The number of hydrogen-bond donors (Lipinski definition) is 1. The fourth-order valence-electron chi connectivity index (χ4n) is 2.58. The van der Waals surface area contributed by atoms with E-state index in [0.29, 0.717) is 11.5 Å². The molecule has 1 aliphatic heterocycles. The van der Waals surface area contributed by atoms with Crippen molar-refractivity contribution in [2.24, 2.45) is 11.3 Å². The standard InChI is InChI=1S/C14H30N2O/c1-14(2,3)13(15-4)10-16(5)9-12-7-6-8-17-11-12/h12-13,15H,6-11H2,1-5H3. The highest BCUT2D eigenvalue weighted by Crippen LogP contribution is 2.20. The minimum absolute atomic E-state index is 0.312. The van der Waals surface area contributed by atoms with Gasteiger partial charge in [0.1, 0.15) is 0 Å². The van der Waals surface area contributed by atoms with Crippen LogP contribution in [0.2, 0.25) is 0 Å². The average Bonchev–Trinajstić information content (AvgIpc) is 2.25. The molecule has 1 fully saturated rings. The molecule has 1 heterocycles. The third-order valence-electron chi connectivity index (χ3n) is 3.71. The van der Waals surface area contributed by atoms with Gasteiger partial charge < -0.3 is 15.0 Å². The lowest BCUT2D eigenvalue weighted by Crippen LogP contribution is -2.47. The van der Waals surface area contributed by atoms with Crippen molar-refractivity contribution in [2.45, 2.75) is 39.7 Å². The quantitative estimate of drug-likeness (QED) is 0.798. The van der Waals surface area contributed by atoms with E-state index in [-0.39, 0.29) is 0 Å². The Morgan fingerprint density at radius 3 is 2.59 bits per heavy atom. The second-order valence-electron chi connectivity index (χ2n) is 6.51. The minimum Gasteiger partial charge on any atom is -0.381 e. The van der Waals surface area contributed by atoms with Gasteiger partial charge in [0.05, 0.1) is 6.61 Å². The van der Waals surface area contributed by atoms with Crippen LogP contribution < -0.4 is 5.32 Å². The lowest BCUT2D eigenvalue weighted by atomic mass is 9.86. The van der Waals surface area contributed by atoms with Crippen LogP contribution in [0.4, 0.5) is 0 Å². The number of nitrogens with one attached hydrogen (secondary N) is 1. The molecule has 0 spiro atoms. The van der Waals surface area contributed by atoms with Crippen molar-refractivity contribution < 1.29 is 4.74 Å². The van der Waals surface area contributed by atoms with Gasteiger partial charge in [0.15, 0.2) is 0 Å². The van der Waals surface area contributed by atoms with Crippen LogP contribution in [0, 0.1) is 11.3 Å². The maximum atomic E-state index is 5.54. The van der Waals surface area contributed by atoms with Crippen LogP contribution >= 0.6 is 0 Å². The molecule has 3 heteroatoms. The molecule has 0 aromatic rings. The van der Waals surface area contributed by atoms with Crippen LogP contribution in [0.3, 0.4) is 0 Å². The minimum atomic E-state index is 0.312. The summed E-state index contributed by atoms with van der Waals surface area (Å²) in [7, 11) is 4.29. The first-order chi connectivity index (χ1) is 7.93. The molecule has 17 heavy (non-hydrogen) atoms. The third kappa shape index (κ3) is 5.36. The van der Waals surface area contributed by atoms with Crippen LogP contribution in [0.25, 0.3) is 0 Å². The molecule has 1 aliphatic rings. The van der Waals surface area contributed by atoms with Gasteiger partial charge in [-0.05, 0) is 38.3 Å². The van der Waals surface area contributed by atoms with Crippen molar-refractivity contribution >= 4 is 0 Å². The molecule has 0 bridgehead atoms. The smallest absolute Gasteiger partial charge is 0.0506 e. The van der Waals surface area contributed by atoms with E-state index >= 15 is 0 Å². The molecular formula is C14H30N2O. The van der Waals surface area contributed by atoms with Gasteiger partial charge >= 0.3 is 0 Å². The molecule has 1 rings (SSSR count). The summed E-state index contributed by atoms with van der Waals surface area (Å²) >= 11 is 0. The van der Waals surface area contributed by atoms with Crippen molar-refractivity contribution in [3.8, 4) is 0 Å². The van der Waals surface area contributed by atoms with Gasteiger partial charge in [-0.2, -0.15) is 0 Å². The number of likely N-dealkylation sites (N-methyl/N-ethyl adjacent to an activating group) is 2. The van der Waals surface area contributed by atoms with Gasteiger partial charge in [-0.25, -0.2) is 0 Å². The van der Waals surface area contributed by atoms with Gasteiger partial charge in [-0.15, -0.1) is 0 Å². The van der Waals surface area contributed by atoms with E-state index < -0.39 is 0 Å². The molecular weight excluding hydrogens is 212 g/mol. The van der Waals surface area contributed by atoms with Crippen molar-refractivity contribution in [1.82, 2.24) is 10.2 Å². The monoisotopic (exact) mass is 242 g/mol. The molecule has 0 saturated carbocycles. The highest BCUT2D eigenvalue weighted by Gasteiger charge is 2.25. The summed E-state index contributed by atoms with van der Waals surface area (Å²) in [6.45, 7) is 11.1. The maximum absolute atomic E-state index is 5.54. The Balaban J connectivity index is 2.34. The fraction of sp³-hybridized carbons (Fsp3) is 1.00. The number of hydrogen-bond acceptors (Lipinski definition) is 3. The van der Waals surface area contributed by atoms with E-state index in [0.717, 1.165) is 32.2 Å². The molecule has 2 unspecified atom stereocenters. The Hall–Kier alpha value is -0.120. The van der Waals surface area contributed by atoms with E-state index in [2.05, 4.69) is 45.1 Å². The molecule has 1 saturated heterocycles. The Kier molecular flexibility index (Phi) is 5.90. The van der Waals surface area contributed by atoms with Crippen LogP contribution in [0.15, 0.2) is 0 Å². The summed E-state index contributed by atoms with van der Waals surface area (Å²) in [4.78, 5) is 2.45. The Bertz CT molecular complexity index is 207. The zero-order valence-electron chi connectivity index (χ0n) is 12.3. The molecule has 2 atom stereocenters. The summed E-state index contributed by atoms with van der Waals surface area (Å²) < 4.78 is 5.54. The van der Waals surface area contributed by atoms with Crippen molar-refractivity contribution in [3.05, 3.63) is 0 Å². The van der Waals surface area contributed by atoms with Crippen LogP contribution in [0.1, 0.15) is 33.6 Å². The predicted octanol–water partition coefficient (Wildman–Crippen LogP) is 1.98. The van der Waals surface area contributed by atoms with Crippen molar-refractivity contribution in [3.63, 3.8) is 0 Å². The maximum Gasteiger partial charge on any atom is 0.0506 e. The predicted molar refractivity (Wildman–Crippen MR) is 73.3 cm³/mol. The Labute approximate surface area is 107 Å². The third-order valence-corrected chi connectivity index (χ3v) is 3.71. The summed E-state index contributed by atoms with van der Waals surface area (Å²) in [5, 5.41) is 3.44. The first-order valence-corrected chi connectivity index (χ1v) is 6.87. The summed E-state index contributed by atoms with van der Waals surface area (Å²) in [5.41, 5.74) is 0.312. The first-order valence-electron chi connectivity index (χ1n) is 6.87. The molecule has 0 amide bonds. The molecule has 102 valence electrons. The van der Waals surface area contributed by atoms with E-state index in [1.807, 2.05) is 0 Å². The molecule has 0 radical (unpaired) electrons. The lowest BCUT2D eigenvalue weighted by Gasteiger charge is -2.35. The largest absolute Gasteiger partial charge is 0.381 e. The van der Waals surface area contributed by atoms with Gasteiger partial charge in [0.2, 0.25) is 0 Å². The van der Waals surface area contributed by atoms with Crippen LogP contribution in [0.5, 0.6) is 0 Å².